The van der Waals surface area contributed by atoms with E-state index in [0.29, 0.717) is 19.5 Å². The molecule has 0 saturated carbocycles. The lowest BCUT2D eigenvalue weighted by Gasteiger charge is -2.26. The van der Waals surface area contributed by atoms with Crippen molar-refractivity contribution in [3.8, 4) is 11.3 Å². The number of carbonyl (C=O) groups is 2. The summed E-state index contributed by atoms with van der Waals surface area (Å²) < 4.78 is 0. The Labute approximate surface area is 140 Å². The van der Waals surface area contributed by atoms with E-state index in [0.717, 1.165) is 23.4 Å². The number of aromatic nitrogens is 2. The summed E-state index contributed by atoms with van der Waals surface area (Å²) >= 11 is 0. The van der Waals surface area contributed by atoms with Gasteiger partial charge in [-0.1, -0.05) is 30.3 Å². The second-order valence-electron chi connectivity index (χ2n) is 6.03. The lowest BCUT2D eigenvalue weighted by molar-refractivity contribution is -0.134. The van der Waals surface area contributed by atoms with Crippen LogP contribution in [0.5, 0.6) is 0 Å². The quantitative estimate of drug-likeness (QED) is 0.892. The third kappa shape index (κ3) is 3.24. The van der Waals surface area contributed by atoms with Crippen molar-refractivity contribution >= 4 is 11.9 Å². The van der Waals surface area contributed by atoms with Gasteiger partial charge in [0.05, 0.1) is 17.9 Å². The minimum atomic E-state index is -0.535. The summed E-state index contributed by atoms with van der Waals surface area (Å²) in [6, 6.07) is 10.8. The fourth-order valence-corrected chi connectivity index (χ4v) is 3.07. The monoisotopic (exact) mass is 327 g/mol. The van der Waals surface area contributed by atoms with E-state index in [1.54, 1.807) is 11.9 Å². The summed E-state index contributed by atoms with van der Waals surface area (Å²) in [7, 11) is 1.73. The molecule has 1 aromatic carbocycles. The van der Waals surface area contributed by atoms with Gasteiger partial charge in [-0.2, -0.15) is 5.10 Å². The number of primary amides is 1. The molecular formula is C17H21N5O2. The molecule has 0 unspecified atom stereocenters. The smallest absolute Gasteiger partial charge is 0.315 e. The Balaban J connectivity index is 1.67. The molecule has 1 atom stereocenters. The van der Waals surface area contributed by atoms with Crippen molar-refractivity contribution in [2.45, 2.75) is 25.4 Å². The highest BCUT2D eigenvalue weighted by atomic mass is 16.2. The van der Waals surface area contributed by atoms with Crippen LogP contribution >= 0.6 is 0 Å². The number of hydrogen-bond donors (Lipinski definition) is 2. The summed E-state index contributed by atoms with van der Waals surface area (Å²) in [5.41, 5.74) is 8.04. The van der Waals surface area contributed by atoms with E-state index in [2.05, 4.69) is 10.2 Å². The van der Waals surface area contributed by atoms with E-state index in [9.17, 15) is 9.59 Å². The van der Waals surface area contributed by atoms with E-state index < -0.39 is 12.1 Å². The summed E-state index contributed by atoms with van der Waals surface area (Å²) in [6.07, 6.45) is 1.46. The van der Waals surface area contributed by atoms with Crippen LogP contribution in [0.15, 0.2) is 36.4 Å². The van der Waals surface area contributed by atoms with Crippen LogP contribution in [-0.4, -0.2) is 51.6 Å². The largest absolute Gasteiger partial charge is 0.351 e. The predicted molar refractivity (Wildman–Crippen MR) is 89.8 cm³/mol. The van der Waals surface area contributed by atoms with E-state index in [-0.39, 0.29) is 5.91 Å². The Morgan fingerprint density at radius 2 is 2.12 bits per heavy atom. The molecular weight excluding hydrogens is 306 g/mol. The van der Waals surface area contributed by atoms with Crippen molar-refractivity contribution in [1.29, 1.82) is 0 Å². The number of benzene rings is 1. The molecule has 24 heavy (non-hydrogen) atoms. The molecule has 0 spiro atoms. The number of H-pyrrole nitrogens is 1. The minimum Gasteiger partial charge on any atom is -0.351 e. The maximum Gasteiger partial charge on any atom is 0.315 e. The number of hydrogen-bond acceptors (Lipinski definition) is 3. The van der Waals surface area contributed by atoms with Crippen LogP contribution in [0.1, 0.15) is 18.5 Å². The number of nitrogens with two attached hydrogens (primary N) is 1. The van der Waals surface area contributed by atoms with Gasteiger partial charge in [0.15, 0.2) is 0 Å². The summed E-state index contributed by atoms with van der Waals surface area (Å²) in [6.45, 7) is 0.948. The molecule has 0 bridgehead atoms. The van der Waals surface area contributed by atoms with Gasteiger partial charge in [-0.25, -0.2) is 4.79 Å². The van der Waals surface area contributed by atoms with E-state index in [1.165, 1.54) is 4.90 Å². The maximum atomic E-state index is 12.6. The van der Waals surface area contributed by atoms with Crippen molar-refractivity contribution in [3.63, 3.8) is 0 Å². The van der Waals surface area contributed by atoms with Gasteiger partial charge >= 0.3 is 6.03 Å². The highest BCUT2D eigenvalue weighted by Crippen LogP contribution is 2.20. The van der Waals surface area contributed by atoms with Gasteiger partial charge in [0, 0.05) is 19.2 Å². The molecule has 126 valence electrons. The van der Waals surface area contributed by atoms with Crippen LogP contribution in [0.2, 0.25) is 0 Å². The summed E-state index contributed by atoms with van der Waals surface area (Å²) in [5.74, 6) is -0.0952. The van der Waals surface area contributed by atoms with Crippen molar-refractivity contribution in [1.82, 2.24) is 20.0 Å². The molecule has 3 N–H and O–H groups in total. The van der Waals surface area contributed by atoms with Crippen LogP contribution in [0.4, 0.5) is 4.79 Å². The minimum absolute atomic E-state index is 0.0952. The van der Waals surface area contributed by atoms with Crippen molar-refractivity contribution in [2.75, 3.05) is 13.6 Å². The lowest BCUT2D eigenvalue weighted by Crippen LogP contribution is -2.48. The number of likely N-dealkylation sites (tertiary alicyclic amines) is 1. The number of nitrogens with one attached hydrogen (secondary N) is 1. The normalized spacial score (nSPS) is 17.0. The maximum absolute atomic E-state index is 12.6. The molecule has 7 heteroatoms. The molecule has 3 amide bonds. The molecule has 3 rings (SSSR count). The second-order valence-corrected chi connectivity index (χ2v) is 6.03. The number of likely N-dealkylation sites (N-methyl/N-ethyl adjacent to an activating group) is 1. The lowest BCUT2D eigenvalue weighted by atomic mass is 10.1. The van der Waals surface area contributed by atoms with Crippen LogP contribution < -0.4 is 5.73 Å². The third-order valence-electron chi connectivity index (χ3n) is 4.31. The molecule has 0 radical (unpaired) electrons. The SMILES string of the molecule is CN(Cc1cc(-c2ccccc2)n[nH]1)C(=O)[C@@H]1CCCN1C(N)=O. The average molecular weight is 327 g/mol. The van der Waals surface area contributed by atoms with Gasteiger partial charge in [0.2, 0.25) is 5.91 Å². The van der Waals surface area contributed by atoms with Gasteiger partial charge in [-0.05, 0) is 18.9 Å². The highest BCUT2D eigenvalue weighted by Gasteiger charge is 2.34. The molecule has 1 fully saturated rings. The number of aromatic amines is 1. The van der Waals surface area contributed by atoms with E-state index in [1.807, 2.05) is 36.4 Å². The van der Waals surface area contributed by atoms with Gasteiger partial charge < -0.3 is 15.5 Å². The van der Waals surface area contributed by atoms with Crippen molar-refractivity contribution < 1.29 is 9.59 Å². The van der Waals surface area contributed by atoms with Crippen LogP contribution in [0.3, 0.4) is 0 Å². The molecule has 1 saturated heterocycles. The molecule has 7 nitrogen and oxygen atoms in total. The van der Waals surface area contributed by atoms with Gasteiger partial charge in [-0.3, -0.25) is 9.89 Å². The number of carbonyl (C=O) groups excluding carboxylic acids is 2. The first-order valence-corrected chi connectivity index (χ1v) is 7.97. The Morgan fingerprint density at radius 1 is 1.38 bits per heavy atom. The molecule has 1 aromatic heterocycles. The predicted octanol–water partition coefficient (Wildman–Crippen LogP) is 1.58. The topological polar surface area (TPSA) is 95.3 Å². The van der Waals surface area contributed by atoms with Crippen LogP contribution in [-0.2, 0) is 11.3 Å². The molecule has 1 aliphatic heterocycles. The van der Waals surface area contributed by atoms with E-state index >= 15 is 0 Å². The van der Waals surface area contributed by atoms with Crippen LogP contribution in [0, 0.1) is 0 Å². The van der Waals surface area contributed by atoms with Gasteiger partial charge in [0.25, 0.3) is 0 Å². The summed E-state index contributed by atoms with van der Waals surface area (Å²) in [5, 5.41) is 7.26. The first kappa shape index (κ1) is 16.0. The first-order chi connectivity index (χ1) is 11.6. The fourth-order valence-electron chi connectivity index (χ4n) is 3.07. The first-order valence-electron chi connectivity index (χ1n) is 7.97. The standard InChI is InChI=1S/C17H21N5O2/c1-21(16(23)15-8-5-9-22(15)17(18)24)11-13-10-14(20-19-13)12-6-3-2-4-7-12/h2-4,6-7,10,15H,5,8-9,11H2,1H3,(H2,18,24)(H,19,20)/t15-/m0/s1. The molecule has 1 aliphatic rings. The zero-order valence-electron chi connectivity index (χ0n) is 13.6. The Hall–Kier alpha value is -2.83. The number of rotatable bonds is 4. The zero-order valence-corrected chi connectivity index (χ0v) is 13.6. The van der Waals surface area contributed by atoms with Gasteiger partial charge in [0.1, 0.15) is 6.04 Å². The Morgan fingerprint density at radius 3 is 2.83 bits per heavy atom. The molecule has 2 aromatic rings. The van der Waals surface area contributed by atoms with Gasteiger partial charge in [-0.15, -0.1) is 0 Å². The third-order valence-corrected chi connectivity index (χ3v) is 4.31. The highest BCUT2D eigenvalue weighted by molar-refractivity contribution is 5.87. The molecule has 2 heterocycles. The average Bonchev–Trinajstić information content (AvgIpc) is 3.24. The Bertz CT molecular complexity index is 728. The van der Waals surface area contributed by atoms with Crippen LogP contribution in [0.25, 0.3) is 11.3 Å². The number of nitrogens with zero attached hydrogens (tertiary/aromatic N) is 3. The summed E-state index contributed by atoms with van der Waals surface area (Å²) in [4.78, 5) is 27.1. The fraction of sp³-hybridized carbons (Fsp3) is 0.353. The zero-order chi connectivity index (χ0) is 17.1. The number of amides is 3. The van der Waals surface area contributed by atoms with Crippen molar-refractivity contribution in [3.05, 3.63) is 42.1 Å². The second kappa shape index (κ2) is 6.74. The molecule has 0 aliphatic carbocycles. The van der Waals surface area contributed by atoms with E-state index in [4.69, 9.17) is 5.73 Å². The van der Waals surface area contributed by atoms with Crippen molar-refractivity contribution in [2.24, 2.45) is 5.73 Å². The number of urea groups is 1. The Kier molecular flexibility index (Phi) is 4.50.